The predicted molar refractivity (Wildman–Crippen MR) is 107 cm³/mol. The molecule has 154 valence electrons. The number of carbonyl (C=O) groups is 2. The summed E-state index contributed by atoms with van der Waals surface area (Å²) >= 11 is 0. The zero-order valence-corrected chi connectivity index (χ0v) is 16.3. The molecule has 0 aliphatic carbocycles. The largest absolute Gasteiger partial charge is 0.497 e. The number of hydrazine groups is 1. The molecule has 3 atom stereocenters. The van der Waals surface area contributed by atoms with Crippen LogP contribution in [0.15, 0.2) is 48.5 Å². The minimum Gasteiger partial charge on any atom is -0.497 e. The van der Waals surface area contributed by atoms with Crippen LogP contribution in [0.25, 0.3) is 0 Å². The zero-order valence-electron chi connectivity index (χ0n) is 16.3. The number of non-ortho nitro benzene ring substituents is 1. The molecule has 0 spiro atoms. The summed E-state index contributed by atoms with van der Waals surface area (Å²) in [5.74, 6) is -0.342. The van der Waals surface area contributed by atoms with Gasteiger partial charge in [-0.25, -0.2) is 14.9 Å². The van der Waals surface area contributed by atoms with Gasteiger partial charge in [-0.2, -0.15) is 0 Å². The fraction of sp³-hybridized carbons (Fsp3) is 0.333. The third-order valence-electron chi connectivity index (χ3n) is 6.18. The monoisotopic (exact) mass is 408 g/mol. The van der Waals surface area contributed by atoms with Gasteiger partial charge in [0.05, 0.1) is 29.7 Å². The second-order valence-corrected chi connectivity index (χ2v) is 7.65. The summed E-state index contributed by atoms with van der Waals surface area (Å²) in [6, 6.07) is 12.4. The van der Waals surface area contributed by atoms with Gasteiger partial charge in [0.2, 0.25) is 5.91 Å². The van der Waals surface area contributed by atoms with E-state index in [1.165, 1.54) is 29.2 Å². The molecule has 2 amide bonds. The van der Waals surface area contributed by atoms with E-state index in [4.69, 9.17) is 4.74 Å². The molecule has 0 radical (unpaired) electrons. The van der Waals surface area contributed by atoms with Crippen LogP contribution >= 0.6 is 0 Å². The number of hydrogen-bond acceptors (Lipinski definition) is 7. The van der Waals surface area contributed by atoms with Crippen LogP contribution in [0.5, 0.6) is 5.75 Å². The Morgan fingerprint density at radius 2 is 1.57 bits per heavy atom. The first-order valence-electron chi connectivity index (χ1n) is 9.80. The second kappa shape index (κ2) is 6.89. The molecule has 3 aliphatic rings. The summed E-state index contributed by atoms with van der Waals surface area (Å²) < 4.78 is 5.24. The second-order valence-electron chi connectivity index (χ2n) is 7.65. The van der Waals surface area contributed by atoms with Crippen molar-refractivity contribution in [3.63, 3.8) is 0 Å². The van der Waals surface area contributed by atoms with E-state index in [-0.39, 0.29) is 23.5 Å². The summed E-state index contributed by atoms with van der Waals surface area (Å²) in [4.78, 5) is 38.4. The standard InChI is InChI=1S/C21H20N4O5/c1-30-16-9-3-13(4-10-16)18-17-19(23-12-2-11-22(18)23)21(27)24(20(17)26)14-5-7-15(8-6-14)25(28)29/h3-10,17-19H,2,11-12H2,1H3. The fourth-order valence-electron chi connectivity index (χ4n) is 4.89. The average Bonchev–Trinajstić information content (AvgIpc) is 3.40. The van der Waals surface area contributed by atoms with E-state index >= 15 is 0 Å². The number of methoxy groups -OCH3 is 1. The molecule has 9 nitrogen and oxygen atoms in total. The van der Waals surface area contributed by atoms with Crippen LogP contribution in [0, 0.1) is 16.0 Å². The van der Waals surface area contributed by atoms with Crippen molar-refractivity contribution in [3.8, 4) is 5.75 Å². The van der Waals surface area contributed by atoms with E-state index in [0.717, 1.165) is 30.8 Å². The molecular formula is C21H20N4O5. The van der Waals surface area contributed by atoms with Crippen molar-refractivity contribution in [2.75, 3.05) is 25.1 Å². The molecule has 3 heterocycles. The summed E-state index contributed by atoms with van der Waals surface area (Å²) in [5.41, 5.74) is 1.24. The third-order valence-corrected chi connectivity index (χ3v) is 6.18. The molecule has 3 unspecified atom stereocenters. The van der Waals surface area contributed by atoms with Crippen molar-refractivity contribution in [1.29, 1.82) is 0 Å². The van der Waals surface area contributed by atoms with Crippen molar-refractivity contribution in [3.05, 3.63) is 64.2 Å². The summed E-state index contributed by atoms with van der Waals surface area (Å²) in [5, 5.41) is 15.1. The van der Waals surface area contributed by atoms with Crippen LogP contribution in [0.4, 0.5) is 11.4 Å². The van der Waals surface area contributed by atoms with Gasteiger partial charge in [0.25, 0.3) is 11.6 Å². The number of benzene rings is 2. The van der Waals surface area contributed by atoms with E-state index in [1.54, 1.807) is 7.11 Å². The van der Waals surface area contributed by atoms with E-state index in [2.05, 4.69) is 5.01 Å². The Morgan fingerprint density at radius 3 is 2.17 bits per heavy atom. The summed E-state index contributed by atoms with van der Waals surface area (Å²) in [7, 11) is 1.60. The first-order chi connectivity index (χ1) is 14.5. The first kappa shape index (κ1) is 18.7. The maximum atomic E-state index is 13.4. The minimum atomic E-state index is -0.553. The lowest BCUT2D eigenvalue weighted by molar-refractivity contribution is -0.384. The van der Waals surface area contributed by atoms with Gasteiger partial charge in [0, 0.05) is 25.2 Å². The highest BCUT2D eigenvalue weighted by Crippen LogP contribution is 2.49. The molecule has 0 saturated carbocycles. The predicted octanol–water partition coefficient (Wildman–Crippen LogP) is 2.14. The van der Waals surface area contributed by atoms with Gasteiger partial charge in [-0.1, -0.05) is 12.1 Å². The number of carbonyl (C=O) groups excluding carboxylic acids is 2. The fourth-order valence-corrected chi connectivity index (χ4v) is 4.89. The molecule has 2 aromatic carbocycles. The zero-order chi connectivity index (χ0) is 21.0. The van der Waals surface area contributed by atoms with Gasteiger partial charge >= 0.3 is 0 Å². The highest BCUT2D eigenvalue weighted by atomic mass is 16.6. The van der Waals surface area contributed by atoms with Crippen LogP contribution in [-0.4, -0.2) is 53.0 Å². The van der Waals surface area contributed by atoms with Crippen molar-refractivity contribution in [2.24, 2.45) is 5.92 Å². The Morgan fingerprint density at radius 1 is 0.933 bits per heavy atom. The molecule has 3 saturated heterocycles. The van der Waals surface area contributed by atoms with Crippen LogP contribution < -0.4 is 9.64 Å². The van der Waals surface area contributed by atoms with Gasteiger partial charge in [-0.05, 0) is 36.2 Å². The lowest BCUT2D eigenvalue weighted by Gasteiger charge is -2.29. The van der Waals surface area contributed by atoms with Crippen LogP contribution in [0.3, 0.4) is 0 Å². The van der Waals surface area contributed by atoms with Gasteiger partial charge < -0.3 is 4.74 Å². The Kier molecular flexibility index (Phi) is 4.30. The maximum Gasteiger partial charge on any atom is 0.269 e. The normalized spacial score (nSPS) is 26.2. The minimum absolute atomic E-state index is 0.0835. The van der Waals surface area contributed by atoms with Crippen molar-refractivity contribution < 1.29 is 19.2 Å². The number of fused-ring (bicyclic) bond motifs is 3. The molecule has 5 rings (SSSR count). The number of nitrogens with zero attached hydrogens (tertiary/aromatic N) is 4. The number of rotatable bonds is 4. The Bertz CT molecular complexity index is 1020. The van der Waals surface area contributed by atoms with Gasteiger partial charge in [-0.15, -0.1) is 0 Å². The van der Waals surface area contributed by atoms with Crippen LogP contribution in [0.2, 0.25) is 0 Å². The number of ether oxygens (including phenoxy) is 1. The van der Waals surface area contributed by atoms with Gasteiger partial charge in [-0.3, -0.25) is 19.7 Å². The number of hydrogen-bond donors (Lipinski definition) is 0. The topological polar surface area (TPSA) is 96.2 Å². The molecule has 2 aromatic rings. The highest BCUT2D eigenvalue weighted by molar-refractivity contribution is 6.24. The van der Waals surface area contributed by atoms with E-state index in [0.29, 0.717) is 5.69 Å². The van der Waals surface area contributed by atoms with Gasteiger partial charge in [0.15, 0.2) is 0 Å². The summed E-state index contributed by atoms with van der Waals surface area (Å²) in [6.07, 6.45) is 0.925. The molecule has 30 heavy (non-hydrogen) atoms. The van der Waals surface area contributed by atoms with E-state index < -0.39 is 16.9 Å². The number of imide groups is 1. The number of anilines is 1. The number of nitro groups is 1. The third kappa shape index (κ3) is 2.62. The number of nitro benzene ring substituents is 1. The molecule has 0 bridgehead atoms. The number of amides is 2. The van der Waals surface area contributed by atoms with Crippen LogP contribution in [-0.2, 0) is 9.59 Å². The smallest absolute Gasteiger partial charge is 0.269 e. The molecule has 9 heteroatoms. The van der Waals surface area contributed by atoms with Crippen molar-refractivity contribution in [2.45, 2.75) is 18.5 Å². The van der Waals surface area contributed by atoms with Crippen molar-refractivity contribution in [1.82, 2.24) is 10.0 Å². The highest BCUT2D eigenvalue weighted by Gasteiger charge is 2.62. The molecule has 0 aromatic heterocycles. The lowest BCUT2D eigenvalue weighted by atomic mass is 9.90. The Labute approximate surface area is 172 Å². The van der Waals surface area contributed by atoms with E-state index in [9.17, 15) is 19.7 Å². The quantitative estimate of drug-likeness (QED) is 0.434. The first-order valence-corrected chi connectivity index (χ1v) is 9.80. The van der Waals surface area contributed by atoms with Gasteiger partial charge in [0.1, 0.15) is 11.8 Å². The van der Waals surface area contributed by atoms with Crippen LogP contribution in [0.1, 0.15) is 18.0 Å². The summed E-state index contributed by atoms with van der Waals surface area (Å²) in [6.45, 7) is 1.52. The maximum absolute atomic E-state index is 13.4. The Balaban J connectivity index is 1.52. The molecule has 3 aliphatic heterocycles. The van der Waals surface area contributed by atoms with Crippen molar-refractivity contribution >= 4 is 23.2 Å². The molecule has 0 N–H and O–H groups in total. The lowest BCUT2D eigenvalue weighted by Crippen LogP contribution is -2.44. The molecule has 3 fully saturated rings. The Hall–Kier alpha value is -3.30. The SMILES string of the molecule is COc1ccc(C2C3C(=O)N(c4ccc([N+](=O)[O-])cc4)C(=O)C3N3CCCN23)cc1. The average molecular weight is 408 g/mol. The van der Waals surface area contributed by atoms with E-state index in [1.807, 2.05) is 29.3 Å². The molecular weight excluding hydrogens is 388 g/mol.